The number of amides is 1. The van der Waals surface area contributed by atoms with E-state index in [4.69, 9.17) is 11.6 Å². The summed E-state index contributed by atoms with van der Waals surface area (Å²) in [5.74, 6) is 0.438. The quantitative estimate of drug-likeness (QED) is 0.785. The van der Waals surface area contributed by atoms with Crippen molar-refractivity contribution in [3.8, 4) is 0 Å². The number of aromatic nitrogens is 2. The van der Waals surface area contributed by atoms with E-state index < -0.39 is 0 Å². The Morgan fingerprint density at radius 2 is 2.19 bits per heavy atom. The van der Waals surface area contributed by atoms with Crippen LogP contribution in [0.25, 0.3) is 0 Å². The maximum Gasteiger partial charge on any atom is 0.226 e. The normalized spacial score (nSPS) is 25.6. The maximum absolute atomic E-state index is 12.8. The van der Waals surface area contributed by atoms with Gasteiger partial charge in [-0.05, 0) is 39.0 Å². The Labute approximate surface area is 130 Å². The first-order valence-electron chi connectivity index (χ1n) is 7.74. The number of hydrogen-bond acceptors (Lipinski definition) is 2. The van der Waals surface area contributed by atoms with Gasteiger partial charge in [0.2, 0.25) is 5.91 Å². The van der Waals surface area contributed by atoms with Crippen molar-refractivity contribution in [3.05, 3.63) is 28.6 Å². The minimum atomic E-state index is 0.101. The zero-order valence-electron chi connectivity index (χ0n) is 12.7. The Bertz CT molecular complexity index is 578. The van der Waals surface area contributed by atoms with Gasteiger partial charge >= 0.3 is 0 Å². The molecule has 0 aromatic carbocycles. The van der Waals surface area contributed by atoms with Crippen molar-refractivity contribution in [2.24, 2.45) is 13.0 Å². The highest BCUT2D eigenvalue weighted by Gasteiger charge is 2.36. The van der Waals surface area contributed by atoms with Gasteiger partial charge in [-0.1, -0.05) is 23.8 Å². The van der Waals surface area contributed by atoms with E-state index in [1.165, 1.54) is 0 Å². The average molecular weight is 308 g/mol. The first-order chi connectivity index (χ1) is 10.1. The van der Waals surface area contributed by atoms with Crippen molar-refractivity contribution < 1.29 is 4.79 Å². The Morgan fingerprint density at radius 3 is 2.81 bits per heavy atom. The smallest absolute Gasteiger partial charge is 0.226 e. The third-order valence-corrected chi connectivity index (χ3v) is 5.13. The Morgan fingerprint density at radius 1 is 1.38 bits per heavy atom. The molecule has 0 saturated carbocycles. The molecule has 1 saturated heterocycles. The minimum absolute atomic E-state index is 0.101. The fourth-order valence-electron chi connectivity index (χ4n) is 3.61. The third kappa shape index (κ3) is 2.61. The zero-order chi connectivity index (χ0) is 15.0. The summed E-state index contributed by atoms with van der Waals surface area (Å²) in [6.07, 6.45) is 9.21. The molecular formula is C16H22ClN3O. The van der Waals surface area contributed by atoms with Crippen LogP contribution in [0, 0.1) is 12.8 Å². The minimum Gasteiger partial charge on any atom is -0.335 e. The van der Waals surface area contributed by atoms with Crippen LogP contribution in [-0.4, -0.2) is 27.1 Å². The molecule has 2 heterocycles. The van der Waals surface area contributed by atoms with Gasteiger partial charge in [0.15, 0.2) is 0 Å². The van der Waals surface area contributed by atoms with Gasteiger partial charge in [0.25, 0.3) is 0 Å². The molecule has 1 fully saturated rings. The number of rotatable bonds is 2. The van der Waals surface area contributed by atoms with Crippen LogP contribution in [-0.2, 0) is 11.8 Å². The molecular weight excluding hydrogens is 286 g/mol. The summed E-state index contributed by atoms with van der Waals surface area (Å²) in [6.45, 7) is 2.82. The lowest BCUT2D eigenvalue weighted by atomic mass is 9.92. The standard InChI is InChI=1S/C16H22ClN3O/c1-11-14(15(17)19(2)18-11)13-9-6-10-20(13)16(21)12-7-4-3-5-8-12/h3-4,12-13H,5-10H2,1-2H3/t12-,13-/m0/s1. The highest BCUT2D eigenvalue weighted by atomic mass is 35.5. The number of hydrogen-bond donors (Lipinski definition) is 0. The van der Waals surface area contributed by atoms with Gasteiger partial charge in [0, 0.05) is 25.1 Å². The largest absolute Gasteiger partial charge is 0.335 e. The van der Waals surface area contributed by atoms with E-state index in [-0.39, 0.29) is 12.0 Å². The molecule has 1 aliphatic carbocycles. The Hall–Kier alpha value is -1.29. The molecule has 1 aromatic heterocycles. The Kier molecular flexibility index (Phi) is 4.07. The van der Waals surface area contributed by atoms with Crippen molar-refractivity contribution in [2.75, 3.05) is 6.54 Å². The number of allylic oxidation sites excluding steroid dienone is 2. The summed E-state index contributed by atoms with van der Waals surface area (Å²) < 4.78 is 1.70. The van der Waals surface area contributed by atoms with Crippen molar-refractivity contribution >= 4 is 17.5 Å². The van der Waals surface area contributed by atoms with Crippen LogP contribution in [0.1, 0.15) is 49.4 Å². The molecule has 0 bridgehead atoms. The molecule has 4 nitrogen and oxygen atoms in total. The van der Waals surface area contributed by atoms with Crippen molar-refractivity contribution in [1.82, 2.24) is 14.7 Å². The molecule has 114 valence electrons. The van der Waals surface area contributed by atoms with Gasteiger partial charge in [-0.25, -0.2) is 0 Å². The van der Waals surface area contributed by atoms with Crippen LogP contribution in [0.2, 0.25) is 5.15 Å². The van der Waals surface area contributed by atoms with Crippen LogP contribution >= 0.6 is 11.6 Å². The van der Waals surface area contributed by atoms with Gasteiger partial charge in [0.05, 0.1) is 11.7 Å². The number of carbonyl (C=O) groups is 1. The molecule has 0 unspecified atom stereocenters. The van der Waals surface area contributed by atoms with Gasteiger partial charge in [-0.15, -0.1) is 0 Å². The maximum atomic E-state index is 12.8. The SMILES string of the molecule is Cc1nn(C)c(Cl)c1[C@@H]1CCCN1C(=O)[C@H]1CC=CCC1. The fraction of sp³-hybridized carbons (Fsp3) is 0.625. The second-order valence-corrected chi connectivity index (χ2v) is 6.44. The molecule has 2 atom stereocenters. The van der Waals surface area contributed by atoms with Crippen LogP contribution < -0.4 is 0 Å². The molecule has 0 radical (unpaired) electrons. The van der Waals surface area contributed by atoms with E-state index in [0.717, 1.165) is 49.9 Å². The fourth-order valence-corrected chi connectivity index (χ4v) is 3.91. The van der Waals surface area contributed by atoms with Crippen molar-refractivity contribution in [3.63, 3.8) is 0 Å². The summed E-state index contributed by atoms with van der Waals surface area (Å²) in [5.41, 5.74) is 1.98. The summed E-state index contributed by atoms with van der Waals surface area (Å²) in [6, 6.07) is 0.101. The van der Waals surface area contributed by atoms with E-state index in [1.807, 2.05) is 18.9 Å². The highest BCUT2D eigenvalue weighted by molar-refractivity contribution is 6.30. The molecule has 3 rings (SSSR count). The third-order valence-electron chi connectivity index (χ3n) is 4.68. The summed E-state index contributed by atoms with van der Waals surface area (Å²) in [4.78, 5) is 14.9. The van der Waals surface area contributed by atoms with Crippen LogP contribution in [0.3, 0.4) is 0 Å². The number of aryl methyl sites for hydroxylation is 2. The van der Waals surface area contributed by atoms with Crippen LogP contribution in [0.15, 0.2) is 12.2 Å². The topological polar surface area (TPSA) is 38.1 Å². The monoisotopic (exact) mass is 307 g/mol. The van der Waals surface area contributed by atoms with E-state index in [2.05, 4.69) is 17.3 Å². The summed E-state index contributed by atoms with van der Waals surface area (Å²) in [7, 11) is 1.85. The average Bonchev–Trinajstić information content (AvgIpc) is 3.05. The predicted octanol–water partition coefficient (Wildman–Crippen LogP) is 3.40. The lowest BCUT2D eigenvalue weighted by Gasteiger charge is -2.29. The molecule has 0 spiro atoms. The molecule has 5 heteroatoms. The second-order valence-electron chi connectivity index (χ2n) is 6.08. The van der Waals surface area contributed by atoms with Gasteiger partial charge < -0.3 is 4.90 Å². The van der Waals surface area contributed by atoms with Gasteiger partial charge in [-0.3, -0.25) is 9.48 Å². The summed E-state index contributed by atoms with van der Waals surface area (Å²) >= 11 is 6.40. The lowest BCUT2D eigenvalue weighted by molar-refractivity contribution is -0.136. The highest BCUT2D eigenvalue weighted by Crippen LogP contribution is 2.39. The zero-order valence-corrected chi connectivity index (χ0v) is 13.4. The first kappa shape index (κ1) is 14.6. The van der Waals surface area contributed by atoms with Crippen molar-refractivity contribution in [1.29, 1.82) is 0 Å². The number of likely N-dealkylation sites (tertiary alicyclic amines) is 1. The Balaban J connectivity index is 1.85. The van der Waals surface area contributed by atoms with Gasteiger partial charge in [-0.2, -0.15) is 5.10 Å². The van der Waals surface area contributed by atoms with Gasteiger partial charge in [0.1, 0.15) is 5.15 Å². The lowest BCUT2D eigenvalue weighted by Crippen LogP contribution is -2.36. The molecule has 2 aliphatic rings. The second kappa shape index (κ2) is 5.84. The number of carbonyl (C=O) groups excluding carboxylic acids is 1. The van der Waals surface area contributed by atoms with E-state index in [0.29, 0.717) is 11.1 Å². The van der Waals surface area contributed by atoms with Crippen LogP contribution in [0.4, 0.5) is 0 Å². The molecule has 1 aromatic rings. The van der Waals surface area contributed by atoms with E-state index in [9.17, 15) is 4.79 Å². The number of nitrogens with zero attached hydrogens (tertiary/aromatic N) is 3. The summed E-state index contributed by atoms with van der Waals surface area (Å²) in [5, 5.41) is 5.06. The van der Waals surface area contributed by atoms with Crippen LogP contribution in [0.5, 0.6) is 0 Å². The molecule has 21 heavy (non-hydrogen) atoms. The molecule has 1 amide bonds. The predicted molar refractivity (Wildman–Crippen MR) is 83.1 cm³/mol. The first-order valence-corrected chi connectivity index (χ1v) is 8.12. The molecule has 0 N–H and O–H groups in total. The number of halogens is 1. The molecule has 1 aliphatic heterocycles. The van der Waals surface area contributed by atoms with E-state index in [1.54, 1.807) is 4.68 Å². The van der Waals surface area contributed by atoms with Crippen molar-refractivity contribution in [2.45, 2.75) is 45.1 Å². The van der Waals surface area contributed by atoms with E-state index >= 15 is 0 Å².